The highest BCUT2D eigenvalue weighted by Gasteiger charge is 2.33. The third kappa shape index (κ3) is 4.81. The highest BCUT2D eigenvalue weighted by molar-refractivity contribution is 6.30. The lowest BCUT2D eigenvalue weighted by molar-refractivity contribution is 0.322. The summed E-state index contributed by atoms with van der Waals surface area (Å²) in [5.41, 5.74) is 3.09. The van der Waals surface area contributed by atoms with Crippen LogP contribution < -0.4 is 14.8 Å². The number of benzene rings is 3. The number of hydrogen-bond donors (Lipinski definition) is 1. The minimum absolute atomic E-state index is 0.0468. The van der Waals surface area contributed by atoms with Crippen molar-refractivity contribution in [3.05, 3.63) is 93.5 Å². The Hall–Kier alpha value is -2.69. The third-order valence-electron chi connectivity index (χ3n) is 5.14. The van der Waals surface area contributed by atoms with Gasteiger partial charge in [0.2, 0.25) is 0 Å². The van der Waals surface area contributed by atoms with Crippen molar-refractivity contribution in [2.45, 2.75) is 25.9 Å². The van der Waals surface area contributed by atoms with E-state index in [0.717, 1.165) is 34.0 Å². The standard InChI is InChI=1S/C25H24Cl2N2O2/c1-3-30-20-13-14-21(22(15-20)31-4-2)25-28-23(16-5-9-18(26)10-6-16)24(29-25)17-7-11-19(27)12-8-17/h5-15,23-24H,3-4H2,1-2H3,(H,28,29)/t23-,24+. The summed E-state index contributed by atoms with van der Waals surface area (Å²) in [6, 6.07) is 21.4. The first-order valence-corrected chi connectivity index (χ1v) is 11.1. The Labute approximate surface area is 192 Å². The Morgan fingerprint density at radius 3 is 2.03 bits per heavy atom. The molecule has 0 bridgehead atoms. The molecule has 2 atom stereocenters. The van der Waals surface area contributed by atoms with Gasteiger partial charge in [-0.1, -0.05) is 47.5 Å². The highest BCUT2D eigenvalue weighted by atomic mass is 35.5. The number of ether oxygens (including phenoxy) is 2. The minimum Gasteiger partial charge on any atom is -0.494 e. The second-order valence-corrected chi connectivity index (χ2v) is 8.04. The summed E-state index contributed by atoms with van der Waals surface area (Å²) in [5, 5.41) is 5.02. The van der Waals surface area contributed by atoms with E-state index in [1.807, 2.05) is 80.6 Å². The van der Waals surface area contributed by atoms with E-state index in [4.69, 9.17) is 37.7 Å². The van der Waals surface area contributed by atoms with Gasteiger partial charge in [-0.3, -0.25) is 4.99 Å². The van der Waals surface area contributed by atoms with Crippen LogP contribution in [0.15, 0.2) is 71.7 Å². The summed E-state index contributed by atoms with van der Waals surface area (Å²) in [6.45, 7) is 5.08. The van der Waals surface area contributed by atoms with Crippen LogP contribution in [0.25, 0.3) is 0 Å². The number of rotatable bonds is 7. The lowest BCUT2D eigenvalue weighted by Gasteiger charge is -2.20. The van der Waals surface area contributed by atoms with Crippen molar-refractivity contribution in [2.24, 2.45) is 4.99 Å². The molecule has 0 aromatic heterocycles. The second kappa shape index (κ2) is 9.63. The largest absolute Gasteiger partial charge is 0.494 e. The molecule has 4 nitrogen and oxygen atoms in total. The predicted octanol–water partition coefficient (Wildman–Crippen LogP) is 6.62. The van der Waals surface area contributed by atoms with Crippen LogP contribution in [-0.2, 0) is 0 Å². The first-order chi connectivity index (χ1) is 15.1. The molecule has 0 saturated carbocycles. The molecule has 3 aromatic carbocycles. The number of amidine groups is 1. The Morgan fingerprint density at radius 2 is 1.42 bits per heavy atom. The fourth-order valence-electron chi connectivity index (χ4n) is 3.72. The minimum atomic E-state index is -0.116. The summed E-state index contributed by atoms with van der Waals surface area (Å²) < 4.78 is 11.6. The molecule has 0 aliphatic carbocycles. The van der Waals surface area contributed by atoms with E-state index in [-0.39, 0.29) is 12.1 Å². The average Bonchev–Trinajstić information content (AvgIpc) is 3.21. The normalized spacial score (nSPS) is 17.7. The molecule has 31 heavy (non-hydrogen) atoms. The number of aliphatic imine (C=N–C) groups is 1. The van der Waals surface area contributed by atoms with E-state index in [1.54, 1.807) is 0 Å². The summed E-state index contributed by atoms with van der Waals surface area (Å²) in [4.78, 5) is 5.07. The van der Waals surface area contributed by atoms with Crippen molar-refractivity contribution < 1.29 is 9.47 Å². The monoisotopic (exact) mass is 454 g/mol. The fourth-order valence-corrected chi connectivity index (χ4v) is 3.97. The molecule has 0 fully saturated rings. The van der Waals surface area contributed by atoms with Crippen LogP contribution in [0.2, 0.25) is 10.0 Å². The second-order valence-electron chi connectivity index (χ2n) is 7.17. The molecule has 1 aliphatic heterocycles. The quantitative estimate of drug-likeness (QED) is 0.435. The summed E-state index contributed by atoms with van der Waals surface area (Å²) in [7, 11) is 0. The molecule has 6 heteroatoms. The van der Waals surface area contributed by atoms with Gasteiger partial charge in [-0.25, -0.2) is 0 Å². The van der Waals surface area contributed by atoms with Crippen molar-refractivity contribution >= 4 is 29.0 Å². The van der Waals surface area contributed by atoms with E-state index < -0.39 is 0 Å². The average molecular weight is 455 g/mol. The van der Waals surface area contributed by atoms with Gasteiger partial charge < -0.3 is 14.8 Å². The maximum atomic E-state index is 6.12. The van der Waals surface area contributed by atoms with E-state index in [0.29, 0.717) is 23.3 Å². The molecule has 0 amide bonds. The topological polar surface area (TPSA) is 42.8 Å². The Bertz CT molecular complexity index is 1070. The zero-order chi connectivity index (χ0) is 21.8. The number of hydrogen-bond acceptors (Lipinski definition) is 4. The molecule has 160 valence electrons. The first kappa shape index (κ1) is 21.5. The molecule has 4 rings (SSSR count). The Balaban J connectivity index is 1.75. The predicted molar refractivity (Wildman–Crippen MR) is 127 cm³/mol. The van der Waals surface area contributed by atoms with Crippen molar-refractivity contribution in [1.29, 1.82) is 0 Å². The van der Waals surface area contributed by atoms with E-state index in [1.165, 1.54) is 0 Å². The maximum Gasteiger partial charge on any atom is 0.133 e. The van der Waals surface area contributed by atoms with Gasteiger partial charge in [0.15, 0.2) is 0 Å². The van der Waals surface area contributed by atoms with Gasteiger partial charge in [-0.15, -0.1) is 0 Å². The maximum absolute atomic E-state index is 6.12. The van der Waals surface area contributed by atoms with Crippen LogP contribution in [0.5, 0.6) is 11.5 Å². The van der Waals surface area contributed by atoms with E-state index in [2.05, 4.69) is 5.32 Å². The molecular weight excluding hydrogens is 431 g/mol. The van der Waals surface area contributed by atoms with Crippen LogP contribution in [-0.4, -0.2) is 19.0 Å². The highest BCUT2D eigenvalue weighted by Crippen LogP contribution is 2.39. The molecule has 0 saturated heterocycles. The lowest BCUT2D eigenvalue weighted by Crippen LogP contribution is -2.25. The SMILES string of the molecule is CCOc1ccc(C2=N[C@H](c3ccc(Cl)cc3)[C@H](c3ccc(Cl)cc3)N2)c(OCC)c1. The van der Waals surface area contributed by atoms with Crippen LogP contribution >= 0.6 is 23.2 Å². The molecular formula is C25H24Cl2N2O2. The molecule has 0 spiro atoms. The molecule has 1 heterocycles. The van der Waals surface area contributed by atoms with Gasteiger partial charge in [0.05, 0.1) is 24.8 Å². The van der Waals surface area contributed by atoms with Gasteiger partial charge in [-0.05, 0) is 61.4 Å². The van der Waals surface area contributed by atoms with Crippen LogP contribution in [0.4, 0.5) is 0 Å². The number of nitrogens with zero attached hydrogens (tertiary/aromatic N) is 1. The van der Waals surface area contributed by atoms with Gasteiger partial charge in [0.1, 0.15) is 23.4 Å². The van der Waals surface area contributed by atoms with Crippen molar-refractivity contribution in [1.82, 2.24) is 5.32 Å². The van der Waals surface area contributed by atoms with Crippen LogP contribution in [0.3, 0.4) is 0 Å². The van der Waals surface area contributed by atoms with Gasteiger partial charge >= 0.3 is 0 Å². The molecule has 3 aromatic rings. The van der Waals surface area contributed by atoms with Gasteiger partial charge in [-0.2, -0.15) is 0 Å². The molecule has 1 aliphatic rings. The molecule has 0 radical (unpaired) electrons. The summed E-state index contributed by atoms with van der Waals surface area (Å²) in [6.07, 6.45) is 0. The number of halogens is 2. The molecule has 0 unspecified atom stereocenters. The van der Waals surface area contributed by atoms with Crippen molar-refractivity contribution in [3.8, 4) is 11.5 Å². The zero-order valence-corrected chi connectivity index (χ0v) is 19.0. The zero-order valence-electron chi connectivity index (χ0n) is 17.4. The Morgan fingerprint density at radius 1 is 0.806 bits per heavy atom. The first-order valence-electron chi connectivity index (χ1n) is 10.3. The summed E-state index contributed by atoms with van der Waals surface area (Å²) >= 11 is 12.2. The van der Waals surface area contributed by atoms with Gasteiger partial charge in [0.25, 0.3) is 0 Å². The summed E-state index contributed by atoms with van der Waals surface area (Å²) in [5.74, 6) is 2.30. The lowest BCUT2D eigenvalue weighted by atomic mass is 9.95. The van der Waals surface area contributed by atoms with Gasteiger partial charge in [0, 0.05) is 16.1 Å². The Kier molecular flexibility index (Phi) is 6.69. The van der Waals surface area contributed by atoms with Crippen molar-refractivity contribution in [2.75, 3.05) is 13.2 Å². The van der Waals surface area contributed by atoms with Crippen molar-refractivity contribution in [3.63, 3.8) is 0 Å². The molecule has 1 N–H and O–H groups in total. The number of nitrogens with one attached hydrogen (secondary N) is 1. The van der Waals surface area contributed by atoms with Crippen LogP contribution in [0, 0.1) is 0 Å². The fraction of sp³-hybridized carbons (Fsp3) is 0.240. The third-order valence-corrected chi connectivity index (χ3v) is 5.64. The van der Waals surface area contributed by atoms with E-state index in [9.17, 15) is 0 Å². The smallest absolute Gasteiger partial charge is 0.133 e. The van der Waals surface area contributed by atoms with E-state index >= 15 is 0 Å². The van der Waals surface area contributed by atoms with Crippen LogP contribution in [0.1, 0.15) is 42.6 Å².